The van der Waals surface area contributed by atoms with Gasteiger partial charge in [0.15, 0.2) is 11.6 Å². The maximum atomic E-state index is 13.5. The van der Waals surface area contributed by atoms with Crippen LogP contribution in [0, 0.1) is 11.7 Å². The number of nitrogens with one attached hydrogen (secondary N) is 1. The number of ether oxygens (including phenoxy) is 1. The van der Waals surface area contributed by atoms with Crippen molar-refractivity contribution in [1.82, 2.24) is 5.32 Å². The van der Waals surface area contributed by atoms with Gasteiger partial charge in [-0.15, -0.1) is 0 Å². The monoisotopic (exact) mass is 281 g/mol. The maximum absolute atomic E-state index is 13.5. The lowest BCUT2D eigenvalue weighted by molar-refractivity contribution is 0.0840. The molecule has 0 radical (unpaired) electrons. The third-order valence-electron chi connectivity index (χ3n) is 3.83. The Hall–Kier alpha value is -1.62. The second-order valence-electron chi connectivity index (χ2n) is 5.17. The lowest BCUT2D eigenvalue weighted by atomic mass is 10.0. The first-order chi connectivity index (χ1) is 9.61. The van der Waals surface area contributed by atoms with Gasteiger partial charge in [-0.1, -0.05) is 12.8 Å². The van der Waals surface area contributed by atoms with E-state index in [2.05, 4.69) is 5.32 Å². The van der Waals surface area contributed by atoms with E-state index in [9.17, 15) is 14.3 Å². The predicted octanol–water partition coefficient (Wildman–Crippen LogP) is 2.12. The van der Waals surface area contributed by atoms with Crippen molar-refractivity contribution in [2.24, 2.45) is 5.92 Å². The van der Waals surface area contributed by atoms with Gasteiger partial charge in [-0.3, -0.25) is 4.79 Å². The average Bonchev–Trinajstić information content (AvgIpc) is 2.98. The van der Waals surface area contributed by atoms with E-state index in [0.717, 1.165) is 31.7 Å². The predicted molar refractivity (Wildman–Crippen MR) is 73.3 cm³/mol. The number of rotatable bonds is 5. The van der Waals surface area contributed by atoms with Crippen LogP contribution in [0.2, 0.25) is 0 Å². The number of hydrogen-bond donors (Lipinski definition) is 2. The fourth-order valence-electron chi connectivity index (χ4n) is 2.62. The molecule has 1 atom stereocenters. The highest BCUT2D eigenvalue weighted by molar-refractivity contribution is 5.94. The molecule has 2 N–H and O–H groups in total. The largest absolute Gasteiger partial charge is 0.494 e. The molecule has 1 saturated carbocycles. The third-order valence-corrected chi connectivity index (χ3v) is 3.83. The van der Waals surface area contributed by atoms with Crippen molar-refractivity contribution in [3.05, 3.63) is 29.6 Å². The summed E-state index contributed by atoms with van der Waals surface area (Å²) >= 11 is 0. The zero-order valence-corrected chi connectivity index (χ0v) is 11.6. The fourth-order valence-corrected chi connectivity index (χ4v) is 2.62. The number of methoxy groups -OCH3 is 1. The van der Waals surface area contributed by atoms with Crippen LogP contribution < -0.4 is 10.1 Å². The molecule has 1 unspecified atom stereocenters. The molecule has 1 aromatic carbocycles. The number of halogens is 1. The lowest BCUT2D eigenvalue weighted by Gasteiger charge is -2.18. The van der Waals surface area contributed by atoms with Crippen molar-refractivity contribution >= 4 is 5.91 Å². The van der Waals surface area contributed by atoms with E-state index in [1.165, 1.54) is 19.2 Å². The molecule has 0 spiro atoms. The summed E-state index contributed by atoms with van der Waals surface area (Å²) in [6.07, 6.45) is 3.77. The van der Waals surface area contributed by atoms with E-state index in [-0.39, 0.29) is 29.7 Å². The van der Waals surface area contributed by atoms with Crippen molar-refractivity contribution in [3.63, 3.8) is 0 Å². The Kier molecular flexibility index (Phi) is 4.95. The molecule has 0 aliphatic heterocycles. The third kappa shape index (κ3) is 3.48. The van der Waals surface area contributed by atoms with Crippen LogP contribution in [0.4, 0.5) is 4.39 Å². The van der Waals surface area contributed by atoms with Crippen molar-refractivity contribution in [2.45, 2.75) is 31.8 Å². The topological polar surface area (TPSA) is 58.6 Å². The van der Waals surface area contributed by atoms with E-state index < -0.39 is 11.9 Å². The first-order valence-electron chi connectivity index (χ1n) is 6.91. The zero-order chi connectivity index (χ0) is 14.5. The van der Waals surface area contributed by atoms with Gasteiger partial charge in [-0.25, -0.2) is 4.39 Å². The molecule has 4 nitrogen and oxygen atoms in total. The number of hydrogen-bond acceptors (Lipinski definition) is 3. The highest BCUT2D eigenvalue weighted by atomic mass is 19.1. The van der Waals surface area contributed by atoms with Gasteiger partial charge in [0.25, 0.3) is 5.91 Å². The number of aliphatic hydroxyl groups is 1. The van der Waals surface area contributed by atoms with Gasteiger partial charge in [0.05, 0.1) is 13.2 Å². The molecule has 1 amide bonds. The highest BCUT2D eigenvalue weighted by Crippen LogP contribution is 2.27. The Bertz CT molecular complexity index is 472. The van der Waals surface area contributed by atoms with Gasteiger partial charge in [0.2, 0.25) is 0 Å². The molecule has 1 aromatic rings. The second-order valence-corrected chi connectivity index (χ2v) is 5.17. The summed E-state index contributed by atoms with van der Waals surface area (Å²) in [6, 6.07) is 4.05. The van der Waals surface area contributed by atoms with Gasteiger partial charge in [0.1, 0.15) is 0 Å². The molecule has 1 aliphatic rings. The first kappa shape index (κ1) is 14.8. The van der Waals surface area contributed by atoms with Crippen LogP contribution in [0.1, 0.15) is 36.0 Å². The van der Waals surface area contributed by atoms with Crippen LogP contribution in [0.15, 0.2) is 18.2 Å². The quantitative estimate of drug-likeness (QED) is 0.869. The summed E-state index contributed by atoms with van der Waals surface area (Å²) in [7, 11) is 1.37. The van der Waals surface area contributed by atoms with Gasteiger partial charge in [-0.2, -0.15) is 0 Å². The van der Waals surface area contributed by atoms with E-state index in [1.807, 2.05) is 0 Å². The van der Waals surface area contributed by atoms with Crippen molar-refractivity contribution < 1.29 is 19.0 Å². The molecule has 0 heterocycles. The Morgan fingerprint density at radius 1 is 1.50 bits per heavy atom. The molecule has 20 heavy (non-hydrogen) atoms. The van der Waals surface area contributed by atoms with Gasteiger partial charge in [0, 0.05) is 12.1 Å². The van der Waals surface area contributed by atoms with Crippen LogP contribution in [0.3, 0.4) is 0 Å². The summed E-state index contributed by atoms with van der Waals surface area (Å²) in [5.41, 5.74) is 0.224. The molecule has 0 saturated heterocycles. The lowest BCUT2D eigenvalue weighted by Crippen LogP contribution is -2.35. The number of carbonyl (C=O) groups excluding carboxylic acids is 1. The number of aliphatic hydroxyl groups excluding tert-OH is 1. The summed E-state index contributed by atoms with van der Waals surface area (Å²) in [5, 5.41) is 12.6. The van der Waals surface area contributed by atoms with Crippen LogP contribution in [-0.2, 0) is 0 Å². The van der Waals surface area contributed by atoms with Crippen molar-refractivity contribution in [2.75, 3.05) is 13.7 Å². The van der Waals surface area contributed by atoms with Crippen LogP contribution in [0.5, 0.6) is 5.75 Å². The molecular formula is C15H20FNO3. The van der Waals surface area contributed by atoms with E-state index in [1.54, 1.807) is 0 Å². The second kappa shape index (κ2) is 6.70. The van der Waals surface area contributed by atoms with E-state index >= 15 is 0 Å². The molecule has 2 rings (SSSR count). The molecule has 0 bridgehead atoms. The summed E-state index contributed by atoms with van der Waals surface area (Å²) in [6.45, 7) is 0.206. The summed E-state index contributed by atoms with van der Waals surface area (Å²) < 4.78 is 18.3. The maximum Gasteiger partial charge on any atom is 0.251 e. The van der Waals surface area contributed by atoms with Crippen LogP contribution >= 0.6 is 0 Å². The van der Waals surface area contributed by atoms with Crippen LogP contribution in [0.25, 0.3) is 0 Å². The first-order valence-corrected chi connectivity index (χ1v) is 6.91. The average molecular weight is 281 g/mol. The molecule has 1 fully saturated rings. The Morgan fingerprint density at radius 2 is 2.20 bits per heavy atom. The minimum atomic E-state index is -0.573. The van der Waals surface area contributed by atoms with Crippen LogP contribution in [-0.4, -0.2) is 30.8 Å². The molecular weight excluding hydrogens is 261 g/mol. The van der Waals surface area contributed by atoms with E-state index in [4.69, 9.17) is 4.74 Å². The van der Waals surface area contributed by atoms with Crippen molar-refractivity contribution in [1.29, 1.82) is 0 Å². The van der Waals surface area contributed by atoms with Gasteiger partial charge >= 0.3 is 0 Å². The molecule has 5 heteroatoms. The number of carbonyl (C=O) groups is 1. The SMILES string of the molecule is COc1ccc(C(=O)NCC(O)C2CCCC2)cc1F. The normalized spacial score (nSPS) is 16.9. The fraction of sp³-hybridized carbons (Fsp3) is 0.533. The molecule has 0 aromatic heterocycles. The molecule has 1 aliphatic carbocycles. The minimum Gasteiger partial charge on any atom is -0.494 e. The minimum absolute atomic E-state index is 0.104. The van der Waals surface area contributed by atoms with Gasteiger partial charge < -0.3 is 15.2 Å². The number of amides is 1. The number of benzene rings is 1. The summed E-state index contributed by atoms with van der Waals surface area (Å²) in [4.78, 5) is 11.9. The van der Waals surface area contributed by atoms with Gasteiger partial charge in [-0.05, 0) is 37.0 Å². The summed E-state index contributed by atoms with van der Waals surface area (Å²) in [5.74, 6) is -0.587. The molecule has 110 valence electrons. The Morgan fingerprint density at radius 3 is 2.80 bits per heavy atom. The Balaban J connectivity index is 1.89. The Labute approximate surface area is 117 Å². The van der Waals surface area contributed by atoms with Crippen molar-refractivity contribution in [3.8, 4) is 5.75 Å². The zero-order valence-electron chi connectivity index (χ0n) is 11.6. The standard InChI is InChI=1S/C15H20FNO3/c1-20-14-7-6-11(8-12(14)16)15(19)17-9-13(18)10-4-2-3-5-10/h6-8,10,13,18H,2-5,9H2,1H3,(H,17,19). The van der Waals surface area contributed by atoms with E-state index in [0.29, 0.717) is 0 Å². The smallest absolute Gasteiger partial charge is 0.251 e. The highest BCUT2D eigenvalue weighted by Gasteiger charge is 2.23.